The number of amides is 1. The molecule has 0 atom stereocenters. The number of carbonyl (C=O) groups is 3. The van der Waals surface area contributed by atoms with Crippen molar-refractivity contribution in [2.75, 3.05) is 32.2 Å². The van der Waals surface area contributed by atoms with Crippen LogP contribution in [0.5, 0.6) is 0 Å². The van der Waals surface area contributed by atoms with Gasteiger partial charge in [-0.3, -0.25) is 4.79 Å². The number of aryl methyl sites for hydroxylation is 1. The van der Waals surface area contributed by atoms with E-state index < -0.39 is 11.9 Å². The molecule has 0 radical (unpaired) electrons. The molecule has 2 aromatic rings. The lowest BCUT2D eigenvalue weighted by Crippen LogP contribution is -2.15. The molecule has 0 aliphatic heterocycles. The smallest absolute Gasteiger partial charge is 0.348 e. The molecular weight excluding hydrogens is 382 g/mol. The Morgan fingerprint density at radius 1 is 1.07 bits per heavy atom. The molecule has 7 nitrogen and oxygen atoms in total. The number of rotatable bonds is 8. The Bertz CT molecular complexity index is 874. The molecule has 0 saturated heterocycles. The van der Waals surface area contributed by atoms with E-state index in [-0.39, 0.29) is 41.2 Å². The first-order valence-electron chi connectivity index (χ1n) is 8.73. The van der Waals surface area contributed by atoms with Crippen LogP contribution >= 0.6 is 11.3 Å². The first-order valence-corrected chi connectivity index (χ1v) is 9.55. The van der Waals surface area contributed by atoms with Crippen LogP contribution in [0, 0.1) is 13.8 Å². The Balaban J connectivity index is 2.35. The van der Waals surface area contributed by atoms with Crippen LogP contribution in [0.2, 0.25) is 0 Å². The molecule has 0 unspecified atom stereocenters. The average Bonchev–Trinajstić information content (AvgIpc) is 2.98. The normalized spacial score (nSPS) is 10.4. The monoisotopic (exact) mass is 405 g/mol. The first kappa shape index (κ1) is 21.6. The van der Waals surface area contributed by atoms with Gasteiger partial charge in [0.05, 0.1) is 18.8 Å². The molecule has 0 aliphatic carbocycles. The summed E-state index contributed by atoms with van der Waals surface area (Å²) in [6.45, 7) is 5.71. The topological polar surface area (TPSA) is 90.9 Å². The molecule has 1 aromatic heterocycles. The van der Waals surface area contributed by atoms with E-state index in [0.29, 0.717) is 11.1 Å². The second-order valence-electron chi connectivity index (χ2n) is 5.93. The third kappa shape index (κ3) is 5.17. The van der Waals surface area contributed by atoms with E-state index in [1.165, 1.54) is 7.11 Å². The van der Waals surface area contributed by atoms with Gasteiger partial charge in [0, 0.05) is 12.7 Å². The molecule has 0 aliphatic rings. The molecule has 1 heterocycles. The summed E-state index contributed by atoms with van der Waals surface area (Å²) in [6.07, 6.45) is 0. The van der Waals surface area contributed by atoms with Gasteiger partial charge < -0.3 is 19.5 Å². The van der Waals surface area contributed by atoms with Crippen molar-refractivity contribution in [1.82, 2.24) is 0 Å². The largest absolute Gasteiger partial charge is 0.462 e. The Morgan fingerprint density at radius 2 is 1.82 bits per heavy atom. The highest BCUT2D eigenvalue weighted by Gasteiger charge is 2.27. The van der Waals surface area contributed by atoms with Gasteiger partial charge in [-0.15, -0.1) is 11.3 Å². The highest BCUT2D eigenvalue weighted by molar-refractivity contribution is 7.18. The van der Waals surface area contributed by atoms with E-state index in [2.05, 4.69) is 5.32 Å². The first-order chi connectivity index (χ1) is 13.4. The van der Waals surface area contributed by atoms with Gasteiger partial charge in [0.25, 0.3) is 5.91 Å². The second-order valence-corrected chi connectivity index (χ2v) is 6.95. The third-order valence-electron chi connectivity index (χ3n) is 3.84. The number of esters is 2. The van der Waals surface area contributed by atoms with E-state index in [0.717, 1.165) is 16.9 Å². The molecule has 28 heavy (non-hydrogen) atoms. The minimum absolute atomic E-state index is 0.0897. The number of hydrogen-bond acceptors (Lipinski definition) is 7. The summed E-state index contributed by atoms with van der Waals surface area (Å²) in [7, 11) is 1.50. The predicted octanol–water partition coefficient (Wildman–Crippen LogP) is 3.60. The number of thiophene rings is 1. The minimum atomic E-state index is -0.605. The van der Waals surface area contributed by atoms with E-state index in [9.17, 15) is 14.4 Å². The maximum atomic E-state index is 12.6. The van der Waals surface area contributed by atoms with Gasteiger partial charge >= 0.3 is 11.9 Å². The number of methoxy groups -OCH3 is 1. The van der Waals surface area contributed by atoms with Crippen molar-refractivity contribution in [2.24, 2.45) is 0 Å². The maximum Gasteiger partial charge on any atom is 0.348 e. The number of carbonyl (C=O) groups excluding carboxylic acids is 3. The number of benzene rings is 1. The summed E-state index contributed by atoms with van der Waals surface area (Å²) < 4.78 is 15.1. The molecule has 0 fully saturated rings. The van der Waals surface area contributed by atoms with E-state index >= 15 is 0 Å². The van der Waals surface area contributed by atoms with Crippen molar-refractivity contribution >= 4 is 34.2 Å². The quantitative estimate of drug-likeness (QED) is 0.533. The molecule has 0 saturated carbocycles. The summed E-state index contributed by atoms with van der Waals surface area (Å²) in [5.74, 6) is -1.57. The lowest BCUT2D eigenvalue weighted by molar-refractivity contribution is 0.0392. The fourth-order valence-electron chi connectivity index (χ4n) is 2.49. The summed E-state index contributed by atoms with van der Waals surface area (Å²) in [5.41, 5.74) is 1.95. The lowest BCUT2D eigenvalue weighted by Gasteiger charge is -2.07. The number of nitrogens with one attached hydrogen (secondary N) is 1. The third-order valence-corrected chi connectivity index (χ3v) is 5.03. The molecule has 1 amide bonds. The van der Waals surface area contributed by atoms with Gasteiger partial charge in [0.2, 0.25) is 0 Å². The molecule has 8 heteroatoms. The van der Waals surface area contributed by atoms with Gasteiger partial charge in [0.15, 0.2) is 0 Å². The van der Waals surface area contributed by atoms with Crippen molar-refractivity contribution in [2.45, 2.75) is 20.8 Å². The summed E-state index contributed by atoms with van der Waals surface area (Å²) in [4.78, 5) is 37.6. The highest BCUT2D eigenvalue weighted by Crippen LogP contribution is 2.34. The van der Waals surface area contributed by atoms with Crippen molar-refractivity contribution in [1.29, 1.82) is 0 Å². The fourth-order valence-corrected chi connectivity index (χ4v) is 3.57. The number of ether oxygens (including phenoxy) is 3. The fraction of sp³-hybridized carbons (Fsp3) is 0.350. The molecular formula is C20H23NO6S. The molecule has 2 rings (SSSR count). The molecule has 1 N–H and O–H groups in total. The molecule has 0 bridgehead atoms. The minimum Gasteiger partial charge on any atom is -0.462 e. The van der Waals surface area contributed by atoms with Crippen LogP contribution in [0.25, 0.3) is 0 Å². The van der Waals surface area contributed by atoms with Crippen LogP contribution in [-0.4, -0.2) is 44.8 Å². The Labute approximate surface area is 167 Å². The van der Waals surface area contributed by atoms with Gasteiger partial charge in [0.1, 0.15) is 16.5 Å². The zero-order chi connectivity index (χ0) is 20.7. The standard InChI is InChI=1S/C20H23NO6S/c1-5-26-19(23)15-13(3)16(20(24)27-10-9-25-4)28-18(15)21-17(22)14-8-6-7-12(2)11-14/h6-8,11H,5,9-10H2,1-4H3,(H,21,22). The SMILES string of the molecule is CCOC(=O)c1c(NC(=O)c2cccc(C)c2)sc(C(=O)OCCOC)c1C. The van der Waals surface area contributed by atoms with E-state index in [1.54, 1.807) is 32.0 Å². The van der Waals surface area contributed by atoms with Crippen molar-refractivity contribution in [3.8, 4) is 0 Å². The van der Waals surface area contributed by atoms with Gasteiger partial charge in [-0.2, -0.15) is 0 Å². The lowest BCUT2D eigenvalue weighted by atomic mass is 10.1. The van der Waals surface area contributed by atoms with Crippen LogP contribution in [0.15, 0.2) is 24.3 Å². The van der Waals surface area contributed by atoms with Crippen molar-refractivity contribution in [3.63, 3.8) is 0 Å². The predicted molar refractivity (Wildman–Crippen MR) is 106 cm³/mol. The Morgan fingerprint density at radius 3 is 2.46 bits per heavy atom. The van der Waals surface area contributed by atoms with Crippen LogP contribution in [-0.2, 0) is 14.2 Å². The maximum absolute atomic E-state index is 12.6. The molecule has 0 spiro atoms. The highest BCUT2D eigenvalue weighted by atomic mass is 32.1. The zero-order valence-corrected chi connectivity index (χ0v) is 17.1. The van der Waals surface area contributed by atoms with Crippen LogP contribution < -0.4 is 5.32 Å². The van der Waals surface area contributed by atoms with Crippen molar-refractivity contribution < 1.29 is 28.6 Å². The zero-order valence-electron chi connectivity index (χ0n) is 16.3. The second kappa shape index (κ2) is 10.0. The number of anilines is 1. The molecule has 150 valence electrons. The van der Waals surface area contributed by atoms with E-state index in [1.807, 2.05) is 13.0 Å². The van der Waals surface area contributed by atoms with Crippen LogP contribution in [0.3, 0.4) is 0 Å². The summed E-state index contributed by atoms with van der Waals surface area (Å²) >= 11 is 0.986. The van der Waals surface area contributed by atoms with Crippen LogP contribution in [0.1, 0.15) is 48.4 Å². The van der Waals surface area contributed by atoms with Crippen molar-refractivity contribution in [3.05, 3.63) is 51.4 Å². The Kier molecular flexibility index (Phi) is 7.71. The van der Waals surface area contributed by atoms with Gasteiger partial charge in [-0.05, 0) is 38.5 Å². The average molecular weight is 405 g/mol. The Hall–Kier alpha value is -2.71. The van der Waals surface area contributed by atoms with Gasteiger partial charge in [-0.25, -0.2) is 9.59 Å². The summed E-state index contributed by atoms with van der Waals surface area (Å²) in [6, 6.07) is 7.06. The summed E-state index contributed by atoms with van der Waals surface area (Å²) in [5, 5.41) is 2.97. The van der Waals surface area contributed by atoms with Gasteiger partial charge in [-0.1, -0.05) is 17.7 Å². The van der Waals surface area contributed by atoms with Crippen LogP contribution in [0.4, 0.5) is 5.00 Å². The van der Waals surface area contributed by atoms with E-state index in [4.69, 9.17) is 14.2 Å². The molecule has 1 aromatic carbocycles. The number of hydrogen-bond donors (Lipinski definition) is 1.